The van der Waals surface area contributed by atoms with E-state index in [9.17, 15) is 4.79 Å². The summed E-state index contributed by atoms with van der Waals surface area (Å²) >= 11 is 0. The normalized spacial score (nSPS) is 21.5. The molecule has 1 saturated heterocycles. The molecule has 1 rings (SSSR count). The average Bonchev–Trinajstić information content (AvgIpc) is 2.06. The zero-order valence-electron chi connectivity index (χ0n) is 9.00. The van der Waals surface area contributed by atoms with Gasteiger partial charge in [0.25, 0.3) is 0 Å². The predicted octanol–water partition coefficient (Wildman–Crippen LogP) is 2.00. The Morgan fingerprint density at radius 3 is 2.00 bits per heavy atom. The van der Waals surface area contributed by atoms with Gasteiger partial charge in [-0.3, -0.25) is 0 Å². The first-order valence-corrected chi connectivity index (χ1v) is 4.79. The summed E-state index contributed by atoms with van der Waals surface area (Å²) in [7, 11) is 0. The summed E-state index contributed by atoms with van der Waals surface area (Å²) in [6.07, 6.45) is 2.12. The molecule has 0 radical (unpaired) electrons. The van der Waals surface area contributed by atoms with Crippen LogP contribution in [0.3, 0.4) is 0 Å². The molecule has 0 bridgehead atoms. The number of carbonyl (C=O) groups excluding carboxylic acids is 1. The van der Waals surface area contributed by atoms with Crippen LogP contribution in [0.1, 0.15) is 34.1 Å². The second-order valence-corrected chi connectivity index (χ2v) is 3.63. The Balaban J connectivity index is 0.000000424. The van der Waals surface area contributed by atoms with Crippen molar-refractivity contribution in [1.29, 1.82) is 0 Å². The maximum Gasteiger partial charge on any atom is 0.162 e. The fourth-order valence-corrected chi connectivity index (χ4v) is 0.784. The molecule has 0 aromatic heterocycles. The molecular formula is C10H20O3. The monoisotopic (exact) mass is 188 g/mol. The molecule has 78 valence electrons. The first-order valence-electron chi connectivity index (χ1n) is 4.79. The molecule has 13 heavy (non-hydrogen) atoms. The van der Waals surface area contributed by atoms with Gasteiger partial charge < -0.3 is 14.3 Å². The summed E-state index contributed by atoms with van der Waals surface area (Å²) in [6, 6.07) is 0. The van der Waals surface area contributed by atoms with E-state index in [1.165, 1.54) is 6.42 Å². The molecule has 3 nitrogen and oxygen atoms in total. The molecule has 0 spiro atoms. The van der Waals surface area contributed by atoms with Crippen LogP contribution in [-0.2, 0) is 14.3 Å². The van der Waals surface area contributed by atoms with Crippen molar-refractivity contribution in [3.63, 3.8) is 0 Å². The predicted molar refractivity (Wildman–Crippen MR) is 51.5 cm³/mol. The molecule has 1 heterocycles. The molecule has 0 atom stereocenters. The fourth-order valence-electron chi connectivity index (χ4n) is 0.784. The lowest BCUT2D eigenvalue weighted by molar-refractivity contribution is -0.256. The molecule has 3 heteroatoms. The van der Waals surface area contributed by atoms with E-state index in [-0.39, 0.29) is 5.92 Å². The van der Waals surface area contributed by atoms with Gasteiger partial charge in [0.1, 0.15) is 6.29 Å². The number of hydrogen-bond acceptors (Lipinski definition) is 3. The Morgan fingerprint density at radius 1 is 1.31 bits per heavy atom. The van der Waals surface area contributed by atoms with Crippen molar-refractivity contribution in [1.82, 2.24) is 0 Å². The third kappa shape index (κ3) is 5.77. The van der Waals surface area contributed by atoms with E-state index < -0.39 is 5.79 Å². The molecule has 1 aliphatic rings. The van der Waals surface area contributed by atoms with Gasteiger partial charge in [-0.15, -0.1) is 0 Å². The van der Waals surface area contributed by atoms with Crippen molar-refractivity contribution < 1.29 is 14.3 Å². The van der Waals surface area contributed by atoms with Gasteiger partial charge in [0.2, 0.25) is 0 Å². The second-order valence-electron chi connectivity index (χ2n) is 3.63. The SMILES string of the molecule is CC1(C)OCC(C=O)CO1.CCC. The maximum absolute atomic E-state index is 10.2. The summed E-state index contributed by atoms with van der Waals surface area (Å²) in [5.41, 5.74) is 0. The summed E-state index contributed by atoms with van der Waals surface area (Å²) in [6.45, 7) is 8.90. The van der Waals surface area contributed by atoms with Crippen LogP contribution in [0.5, 0.6) is 0 Å². The highest BCUT2D eigenvalue weighted by atomic mass is 16.7. The first kappa shape index (κ1) is 12.6. The maximum atomic E-state index is 10.2. The lowest BCUT2D eigenvalue weighted by Gasteiger charge is -2.32. The van der Waals surface area contributed by atoms with Gasteiger partial charge in [-0.2, -0.15) is 0 Å². The summed E-state index contributed by atoms with van der Waals surface area (Å²) < 4.78 is 10.4. The topological polar surface area (TPSA) is 35.5 Å². The molecule has 0 saturated carbocycles. The summed E-state index contributed by atoms with van der Waals surface area (Å²) in [4.78, 5) is 10.2. The lowest BCUT2D eigenvalue weighted by Crippen LogP contribution is -2.39. The van der Waals surface area contributed by atoms with Crippen LogP contribution in [0, 0.1) is 5.92 Å². The van der Waals surface area contributed by atoms with E-state index in [4.69, 9.17) is 9.47 Å². The third-order valence-electron chi connectivity index (χ3n) is 1.48. The highest BCUT2D eigenvalue weighted by molar-refractivity contribution is 5.53. The number of aldehydes is 1. The number of ether oxygens (including phenoxy) is 2. The van der Waals surface area contributed by atoms with Crippen molar-refractivity contribution in [2.75, 3.05) is 13.2 Å². The Morgan fingerprint density at radius 2 is 1.69 bits per heavy atom. The quantitative estimate of drug-likeness (QED) is 0.590. The van der Waals surface area contributed by atoms with Crippen molar-refractivity contribution >= 4 is 6.29 Å². The third-order valence-corrected chi connectivity index (χ3v) is 1.48. The fraction of sp³-hybridized carbons (Fsp3) is 0.900. The van der Waals surface area contributed by atoms with E-state index in [0.717, 1.165) is 6.29 Å². The van der Waals surface area contributed by atoms with Crippen molar-refractivity contribution in [3.8, 4) is 0 Å². The van der Waals surface area contributed by atoms with Crippen LogP contribution in [0.4, 0.5) is 0 Å². The van der Waals surface area contributed by atoms with Crippen molar-refractivity contribution in [3.05, 3.63) is 0 Å². The smallest absolute Gasteiger partial charge is 0.162 e. The number of carbonyl (C=O) groups is 1. The van der Waals surface area contributed by atoms with Crippen LogP contribution < -0.4 is 0 Å². The van der Waals surface area contributed by atoms with E-state index in [2.05, 4.69) is 13.8 Å². The minimum atomic E-state index is -0.500. The van der Waals surface area contributed by atoms with Gasteiger partial charge in [-0.05, 0) is 13.8 Å². The summed E-state index contributed by atoms with van der Waals surface area (Å²) in [5.74, 6) is -0.576. The average molecular weight is 188 g/mol. The van der Waals surface area contributed by atoms with E-state index in [1.54, 1.807) is 0 Å². The largest absolute Gasteiger partial charge is 0.350 e. The lowest BCUT2D eigenvalue weighted by atomic mass is 10.2. The van der Waals surface area contributed by atoms with E-state index in [1.807, 2.05) is 13.8 Å². The summed E-state index contributed by atoms with van der Waals surface area (Å²) in [5, 5.41) is 0. The number of rotatable bonds is 1. The molecule has 0 unspecified atom stereocenters. The van der Waals surface area contributed by atoms with Gasteiger partial charge in [-0.25, -0.2) is 0 Å². The van der Waals surface area contributed by atoms with Gasteiger partial charge in [-0.1, -0.05) is 20.3 Å². The Labute approximate surface area is 80.4 Å². The minimum Gasteiger partial charge on any atom is -0.350 e. The molecule has 0 aromatic rings. The van der Waals surface area contributed by atoms with E-state index >= 15 is 0 Å². The standard InChI is InChI=1S/C7H12O3.C3H8/c1-7(2)9-4-6(3-8)5-10-7;1-3-2/h3,6H,4-5H2,1-2H3;3H2,1-2H3. The Kier molecular flexibility index (Phi) is 5.91. The van der Waals surface area contributed by atoms with Gasteiger partial charge >= 0.3 is 0 Å². The Bertz CT molecular complexity index is 133. The van der Waals surface area contributed by atoms with Crippen LogP contribution in [0.2, 0.25) is 0 Å². The number of hydrogen-bond donors (Lipinski definition) is 0. The second kappa shape index (κ2) is 6.11. The molecule has 0 aliphatic carbocycles. The Hall–Kier alpha value is -0.410. The molecule has 1 aliphatic heterocycles. The molecule has 1 fully saturated rings. The highest BCUT2D eigenvalue weighted by Gasteiger charge is 2.27. The van der Waals surface area contributed by atoms with Gasteiger partial charge in [0.05, 0.1) is 19.1 Å². The zero-order chi connectivity index (χ0) is 10.3. The zero-order valence-corrected chi connectivity index (χ0v) is 9.00. The van der Waals surface area contributed by atoms with Crippen LogP contribution in [-0.4, -0.2) is 25.3 Å². The highest BCUT2D eigenvalue weighted by Crippen LogP contribution is 2.18. The van der Waals surface area contributed by atoms with E-state index in [0.29, 0.717) is 13.2 Å². The van der Waals surface area contributed by atoms with Gasteiger partial charge in [0.15, 0.2) is 5.79 Å². The molecule has 0 aromatic carbocycles. The van der Waals surface area contributed by atoms with Crippen LogP contribution >= 0.6 is 0 Å². The van der Waals surface area contributed by atoms with Crippen LogP contribution in [0.15, 0.2) is 0 Å². The minimum absolute atomic E-state index is 0.0759. The van der Waals surface area contributed by atoms with Gasteiger partial charge in [0, 0.05) is 0 Å². The first-order chi connectivity index (χ1) is 6.05. The molecule has 0 N–H and O–H groups in total. The molecule has 0 amide bonds. The van der Waals surface area contributed by atoms with Crippen molar-refractivity contribution in [2.45, 2.75) is 39.9 Å². The van der Waals surface area contributed by atoms with Crippen molar-refractivity contribution in [2.24, 2.45) is 5.92 Å². The molecular weight excluding hydrogens is 168 g/mol. The van der Waals surface area contributed by atoms with Crippen LogP contribution in [0.25, 0.3) is 0 Å².